The normalized spacial score (nSPS) is 5.75. The first-order chi connectivity index (χ1) is 1.73. The molecule has 4 heavy (non-hydrogen) atoms. The molecule has 0 spiro atoms. The Balaban J connectivity index is 2.80. The first-order valence-corrected chi connectivity index (χ1v) is 1.69. The van der Waals surface area contributed by atoms with E-state index in [1.165, 1.54) is 0 Å². The van der Waals surface area contributed by atoms with Gasteiger partial charge in [-0.1, -0.05) is 0 Å². The Bertz CT molecular complexity index is 29.0. The summed E-state index contributed by atoms with van der Waals surface area (Å²) in [5, 5.41) is 8.85. The molecule has 0 aliphatic carbocycles. The van der Waals surface area contributed by atoms with Crippen LogP contribution in [0.5, 0.6) is 0 Å². The third-order valence-electron chi connectivity index (χ3n) is 0. The summed E-state index contributed by atoms with van der Waals surface area (Å²) in [6, 6.07) is 0. The number of nitro groups is 1. The van der Waals surface area contributed by atoms with Gasteiger partial charge < -0.3 is 0 Å². The molecule has 0 saturated carbocycles. The molecule has 0 aromatic rings. The van der Waals surface area contributed by atoms with Crippen molar-refractivity contribution in [3.63, 3.8) is 0 Å². The van der Waals surface area contributed by atoms with Crippen LogP contribution in [-0.4, -0.2) is 2.87 Å². The molecular weight excluding hydrogens is 137 g/mol. The predicted octanol–water partition coefficient (Wildman–Crippen LogP) is -0.275. The molecule has 0 atom stereocenters. The summed E-state index contributed by atoms with van der Waals surface area (Å²) in [5.41, 5.74) is 0. The Morgan fingerprint density at radius 2 is 2.00 bits per heavy atom. The van der Waals surface area contributed by atoms with Gasteiger partial charge in [-0.3, -0.25) is 0 Å². The quantitative estimate of drug-likeness (QED) is 0.340. The minimum atomic E-state index is -0.410. The van der Waals surface area contributed by atoms with E-state index in [1.807, 2.05) is 0 Å². The van der Waals surface area contributed by atoms with Crippen LogP contribution in [-0.2, 0) is 25.0 Å². The van der Waals surface area contributed by atoms with Gasteiger partial charge in [0.1, 0.15) is 0 Å². The fraction of sp³-hybridized carbons (Fsp3) is 0. The summed E-state index contributed by atoms with van der Waals surface area (Å²) < 4.78 is -0.410. The van der Waals surface area contributed by atoms with Crippen molar-refractivity contribution in [2.24, 2.45) is 0 Å². The standard InChI is InChI=1S/NO2.Zr/c2-1-3;. The van der Waals surface area contributed by atoms with Crippen molar-refractivity contribution in [3.8, 4) is 0 Å². The first kappa shape index (κ1) is 4.28. The van der Waals surface area contributed by atoms with Gasteiger partial charge >= 0.3 is 38.0 Å². The molecule has 0 N–H and O–H groups in total. The van der Waals surface area contributed by atoms with Gasteiger partial charge in [-0.05, 0) is 0 Å². The van der Waals surface area contributed by atoms with E-state index in [4.69, 9.17) is 10.1 Å². The zero-order valence-corrected chi connectivity index (χ0v) is 4.22. The molecule has 0 radical (unpaired) electrons. The second kappa shape index (κ2) is 1.59. The Morgan fingerprint density at radius 1 is 2.00 bits per heavy atom. The monoisotopic (exact) mass is 136 g/mol. The summed E-state index contributed by atoms with van der Waals surface area (Å²) in [6.07, 6.45) is 0. The van der Waals surface area contributed by atoms with Crippen LogP contribution in [0.15, 0.2) is 0 Å². The summed E-state index contributed by atoms with van der Waals surface area (Å²) >= 11 is 0.359. The fourth-order valence-electron chi connectivity index (χ4n) is 0. The molecule has 0 aromatic carbocycles. The van der Waals surface area contributed by atoms with E-state index in [0.717, 1.165) is 0 Å². The van der Waals surface area contributed by atoms with Gasteiger partial charge in [0.15, 0.2) is 0 Å². The number of hydrogen-bond acceptors (Lipinski definition) is 2. The topological polar surface area (TPSA) is 43.1 Å². The van der Waals surface area contributed by atoms with E-state index in [1.54, 1.807) is 0 Å². The van der Waals surface area contributed by atoms with Crippen molar-refractivity contribution in [1.82, 2.24) is 0 Å². The molecule has 0 rings (SSSR count). The van der Waals surface area contributed by atoms with E-state index < -0.39 is 2.87 Å². The SMILES string of the molecule is O=[N+]([O-])[Zr]. The zero-order chi connectivity index (χ0) is 3.58. The molecule has 0 amide bonds. The molecule has 4 heteroatoms. The molecular formula is NO2Zr. The third-order valence-corrected chi connectivity index (χ3v) is 0. The van der Waals surface area contributed by atoms with Gasteiger partial charge in [0.2, 0.25) is 0 Å². The molecule has 0 aliphatic rings. The van der Waals surface area contributed by atoms with Gasteiger partial charge in [-0.25, -0.2) is 0 Å². The molecule has 0 fully saturated rings. The molecule has 0 bridgehead atoms. The Hall–Kier alpha value is 0.283. The summed E-state index contributed by atoms with van der Waals surface area (Å²) in [5.74, 6) is 0. The third kappa shape index (κ3) is 46.9. The van der Waals surface area contributed by atoms with E-state index >= 15 is 0 Å². The summed E-state index contributed by atoms with van der Waals surface area (Å²) in [6.45, 7) is 0. The van der Waals surface area contributed by atoms with Gasteiger partial charge in [0.05, 0.1) is 0 Å². The zero-order valence-electron chi connectivity index (χ0n) is 1.76. The predicted molar refractivity (Wildman–Crippen MR) is 6.99 cm³/mol. The second-order valence-corrected chi connectivity index (χ2v) is 1.15. The summed E-state index contributed by atoms with van der Waals surface area (Å²) in [4.78, 5) is 8.85. The van der Waals surface area contributed by atoms with Crippen molar-refractivity contribution in [1.29, 1.82) is 0 Å². The Labute approximate surface area is 38.4 Å². The van der Waals surface area contributed by atoms with Crippen LogP contribution in [0.4, 0.5) is 0 Å². The van der Waals surface area contributed by atoms with Crippen molar-refractivity contribution in [2.75, 3.05) is 0 Å². The maximum absolute atomic E-state index is 8.85. The van der Waals surface area contributed by atoms with Gasteiger partial charge in [-0.15, -0.1) is 0 Å². The second-order valence-electron chi connectivity index (χ2n) is 0.257. The summed E-state index contributed by atoms with van der Waals surface area (Å²) in [7, 11) is 0. The average Bonchev–Trinajstić information content (AvgIpc) is 0.811. The Kier molecular flexibility index (Phi) is 1.70. The van der Waals surface area contributed by atoms with Crippen LogP contribution in [0, 0.1) is 10.1 Å². The Morgan fingerprint density at radius 3 is 2.00 bits per heavy atom. The molecule has 0 aromatic heterocycles. The number of nitrogens with zero attached hydrogens (tertiary/aromatic N) is 1. The van der Waals surface area contributed by atoms with Crippen LogP contribution < -0.4 is 0 Å². The number of hydrogen-bond donors (Lipinski definition) is 0. The molecule has 21 valence electrons. The van der Waals surface area contributed by atoms with E-state index in [9.17, 15) is 0 Å². The van der Waals surface area contributed by atoms with Gasteiger partial charge in [-0.2, -0.15) is 0 Å². The van der Waals surface area contributed by atoms with Crippen LogP contribution in [0.2, 0.25) is 0 Å². The maximum atomic E-state index is 8.85. The van der Waals surface area contributed by atoms with Gasteiger partial charge in [0.25, 0.3) is 0 Å². The van der Waals surface area contributed by atoms with Crippen molar-refractivity contribution in [2.45, 2.75) is 0 Å². The molecule has 3 nitrogen and oxygen atoms in total. The van der Waals surface area contributed by atoms with E-state index in [-0.39, 0.29) is 0 Å². The van der Waals surface area contributed by atoms with E-state index in [0.29, 0.717) is 25.0 Å². The minimum absolute atomic E-state index is 0.359. The van der Waals surface area contributed by atoms with Crippen LogP contribution >= 0.6 is 0 Å². The van der Waals surface area contributed by atoms with Crippen molar-refractivity contribution < 1.29 is 27.9 Å². The van der Waals surface area contributed by atoms with E-state index in [2.05, 4.69) is 0 Å². The van der Waals surface area contributed by atoms with Crippen molar-refractivity contribution in [3.05, 3.63) is 10.1 Å². The van der Waals surface area contributed by atoms with Crippen LogP contribution in [0.1, 0.15) is 0 Å². The first-order valence-electron chi connectivity index (χ1n) is 0.589. The number of rotatable bonds is 0. The average molecular weight is 137 g/mol. The van der Waals surface area contributed by atoms with Crippen molar-refractivity contribution >= 4 is 0 Å². The molecule has 0 aliphatic heterocycles. The van der Waals surface area contributed by atoms with Crippen LogP contribution in [0.3, 0.4) is 0 Å². The molecule has 0 unspecified atom stereocenters. The fourth-order valence-corrected chi connectivity index (χ4v) is 0. The van der Waals surface area contributed by atoms with Crippen LogP contribution in [0.25, 0.3) is 0 Å². The molecule has 0 saturated heterocycles. The molecule has 0 heterocycles. The van der Waals surface area contributed by atoms with Gasteiger partial charge in [0, 0.05) is 0 Å².